The van der Waals surface area contributed by atoms with Crippen LogP contribution in [0, 0.1) is 37.8 Å². The summed E-state index contributed by atoms with van der Waals surface area (Å²) in [5, 5.41) is 29.6. The second-order valence-corrected chi connectivity index (χ2v) is 19.5. The quantitative estimate of drug-likeness (QED) is 0.110. The van der Waals surface area contributed by atoms with Crippen molar-refractivity contribution in [1.82, 2.24) is 9.13 Å². The molecule has 2 aromatic heterocycles. The van der Waals surface area contributed by atoms with Gasteiger partial charge in [0, 0.05) is 35.3 Å². The van der Waals surface area contributed by atoms with E-state index in [-0.39, 0.29) is 24.8 Å². The molecule has 0 radical (unpaired) electrons. The molecule has 1 saturated carbocycles. The van der Waals surface area contributed by atoms with Gasteiger partial charge in [0.05, 0.1) is 4.53 Å². The third-order valence-corrected chi connectivity index (χ3v) is 15.7. The summed E-state index contributed by atoms with van der Waals surface area (Å²) in [5.74, 6) is -0.341. The summed E-state index contributed by atoms with van der Waals surface area (Å²) in [7, 11) is 0. The largest absolute Gasteiger partial charge is 0.480 e. The molecule has 11 heteroatoms. The molecule has 9 nitrogen and oxygen atoms in total. The lowest BCUT2D eigenvalue weighted by atomic mass is 9.82. The van der Waals surface area contributed by atoms with Gasteiger partial charge in [0.15, 0.2) is 5.57 Å². The number of carbonyl (C=O) groups is 1. The van der Waals surface area contributed by atoms with Gasteiger partial charge >= 0.3 is 5.97 Å². The highest BCUT2D eigenvalue weighted by atomic mass is 32.1. The van der Waals surface area contributed by atoms with Crippen molar-refractivity contribution in [1.29, 1.82) is 10.5 Å². The second kappa shape index (κ2) is 17.5. The number of carboxylic acids is 1. The van der Waals surface area contributed by atoms with E-state index in [4.69, 9.17) is 0 Å². The number of hydrogen-bond acceptors (Lipinski definition) is 8. The number of aliphatic carboxylic acids is 1. The van der Waals surface area contributed by atoms with Crippen molar-refractivity contribution in [2.24, 2.45) is 5.92 Å². The van der Waals surface area contributed by atoms with Crippen molar-refractivity contribution in [3.8, 4) is 23.3 Å². The average molecular weight is 852 g/mol. The molecule has 3 atom stereocenters. The van der Waals surface area contributed by atoms with Gasteiger partial charge in [-0.15, -0.1) is 22.7 Å². The Labute approximate surface area is 364 Å². The number of fused-ring (bicyclic) bond motifs is 6. The highest BCUT2D eigenvalue weighted by molar-refractivity contribution is 7.11. The summed E-state index contributed by atoms with van der Waals surface area (Å²) in [6, 6.07) is 26.3. The highest BCUT2D eigenvalue weighted by Gasteiger charge is 2.47. The Morgan fingerprint density at radius 3 is 2.34 bits per heavy atom. The first kappa shape index (κ1) is 42.2. The second-order valence-electron chi connectivity index (χ2n) is 17.4. The molecule has 0 amide bonds. The van der Waals surface area contributed by atoms with Crippen LogP contribution in [0.2, 0.25) is 0 Å². The van der Waals surface area contributed by atoms with Crippen LogP contribution in [0.4, 0.5) is 11.4 Å². The summed E-state index contributed by atoms with van der Waals surface area (Å²) in [4.78, 5) is 43.0. The molecule has 3 aromatic carbocycles. The molecular formula is C50H53N5O4S2. The van der Waals surface area contributed by atoms with Crippen molar-refractivity contribution in [2.45, 2.75) is 129 Å². The van der Waals surface area contributed by atoms with Crippen LogP contribution in [0.15, 0.2) is 70.3 Å². The van der Waals surface area contributed by atoms with Crippen LogP contribution in [-0.4, -0.2) is 26.3 Å². The van der Waals surface area contributed by atoms with Crippen molar-refractivity contribution in [2.75, 3.05) is 4.90 Å². The number of carboxylic acid groups (broad SMARTS) is 1. The molecular weight excluding hydrogens is 799 g/mol. The van der Waals surface area contributed by atoms with Crippen LogP contribution in [0.5, 0.6) is 0 Å². The molecule has 3 aliphatic rings. The topological polar surface area (TPSA) is 132 Å². The third-order valence-electron chi connectivity index (χ3n) is 13.3. The van der Waals surface area contributed by atoms with E-state index in [1.165, 1.54) is 50.2 Å². The molecule has 8 rings (SSSR count). The summed E-state index contributed by atoms with van der Waals surface area (Å²) >= 11 is 2.07. The summed E-state index contributed by atoms with van der Waals surface area (Å²) in [6.45, 7) is 8.73. The molecule has 5 aromatic rings. The van der Waals surface area contributed by atoms with Crippen LogP contribution >= 0.6 is 22.7 Å². The highest BCUT2D eigenvalue weighted by Crippen LogP contribution is 2.57. The van der Waals surface area contributed by atoms with Gasteiger partial charge in [0.25, 0.3) is 11.1 Å². The Morgan fingerprint density at radius 1 is 0.852 bits per heavy atom. The SMILES string of the molecule is CCCCCCCCn1c(=C(C#N)C#N)s/c(=c2\s/c(=C\c3ccc4c(c3)C3C(CCCC)CCC3N4c3ccc4c(c3)C(C)(C)c3ccccc3-4)c(=O)n2CC(=O)O)c1=O. The maximum atomic E-state index is 14.2. The van der Waals surface area contributed by atoms with Crippen LogP contribution in [0.1, 0.15) is 126 Å². The number of benzene rings is 3. The zero-order valence-corrected chi connectivity index (χ0v) is 37.1. The Hall–Kier alpha value is -5.49. The number of hydrogen-bond donors (Lipinski definition) is 1. The number of nitrogens with zero attached hydrogens (tertiary/aromatic N) is 5. The fourth-order valence-corrected chi connectivity index (χ4v) is 12.7. The average Bonchev–Trinajstić information content (AvgIpc) is 4.03. The lowest BCUT2D eigenvalue weighted by molar-refractivity contribution is -0.137. The van der Waals surface area contributed by atoms with Crippen molar-refractivity contribution < 1.29 is 9.90 Å². The first-order valence-electron chi connectivity index (χ1n) is 21.9. The smallest absolute Gasteiger partial charge is 0.323 e. The van der Waals surface area contributed by atoms with E-state index in [1.54, 1.807) is 0 Å². The molecule has 314 valence electrons. The van der Waals surface area contributed by atoms with E-state index in [0.29, 0.717) is 35.4 Å². The molecule has 61 heavy (non-hydrogen) atoms. The molecule has 1 N–H and O–H groups in total. The number of rotatable bonds is 14. The zero-order chi connectivity index (χ0) is 43.0. The predicted molar refractivity (Wildman–Crippen MR) is 245 cm³/mol. The first-order valence-corrected chi connectivity index (χ1v) is 23.5. The minimum absolute atomic E-state index is 0.118. The lowest BCUT2D eigenvalue weighted by Crippen LogP contribution is -2.30. The number of anilines is 2. The molecule has 0 saturated heterocycles. The fourth-order valence-electron chi connectivity index (χ4n) is 10.3. The van der Waals surface area contributed by atoms with Gasteiger partial charge in [-0.1, -0.05) is 109 Å². The molecule has 3 heterocycles. The van der Waals surface area contributed by atoms with E-state index in [0.717, 1.165) is 90.6 Å². The number of nitriles is 2. The monoisotopic (exact) mass is 851 g/mol. The van der Waals surface area contributed by atoms with Crippen LogP contribution in [0.3, 0.4) is 0 Å². The van der Waals surface area contributed by atoms with Crippen molar-refractivity contribution in [3.63, 3.8) is 0 Å². The zero-order valence-electron chi connectivity index (χ0n) is 35.5. The van der Waals surface area contributed by atoms with Crippen molar-refractivity contribution in [3.05, 3.63) is 122 Å². The number of thiazole rings is 2. The Balaban J connectivity index is 1.25. The van der Waals surface area contributed by atoms with Gasteiger partial charge in [0.1, 0.15) is 32.5 Å². The molecule has 3 unspecified atom stereocenters. The van der Waals surface area contributed by atoms with E-state index in [2.05, 4.69) is 87.2 Å². The van der Waals surface area contributed by atoms with Gasteiger partial charge in [-0.05, 0) is 95.3 Å². The van der Waals surface area contributed by atoms with Gasteiger partial charge in [-0.2, -0.15) is 10.5 Å². The van der Waals surface area contributed by atoms with E-state index in [1.807, 2.05) is 24.3 Å². The summed E-state index contributed by atoms with van der Waals surface area (Å²) < 4.78 is 3.54. The molecule has 0 bridgehead atoms. The third kappa shape index (κ3) is 7.61. The Bertz CT molecular complexity index is 2940. The van der Waals surface area contributed by atoms with E-state index in [9.17, 15) is 30.0 Å². The summed E-state index contributed by atoms with van der Waals surface area (Å²) in [5.41, 5.74) is 8.59. The molecule has 0 spiro atoms. The molecule has 1 fully saturated rings. The minimum Gasteiger partial charge on any atom is -0.480 e. The number of aromatic nitrogens is 2. The van der Waals surface area contributed by atoms with Gasteiger partial charge in [-0.3, -0.25) is 23.5 Å². The van der Waals surface area contributed by atoms with Gasteiger partial charge in [-0.25, -0.2) is 0 Å². The maximum absolute atomic E-state index is 14.2. The van der Waals surface area contributed by atoms with E-state index < -0.39 is 23.6 Å². The van der Waals surface area contributed by atoms with Crippen molar-refractivity contribution >= 4 is 51.7 Å². The lowest BCUT2D eigenvalue weighted by Gasteiger charge is -2.29. The normalized spacial score (nSPS) is 19.0. The Kier molecular flexibility index (Phi) is 12.1. The predicted octanol–water partition coefficient (Wildman–Crippen LogP) is 9.40. The minimum atomic E-state index is -1.21. The standard InChI is InChI=1S/C50H53N5O4S2/c1-5-7-9-10-11-14-24-53-47(59)45(61-48(53)33(28-51)29-52)49-54(30-43(56)57)46(58)42(60-49)26-31-18-22-40-37(25-31)44-32(15-8-6-2)19-23-41(44)55(40)34-20-21-36-35-16-12-13-17-38(35)50(3,4)39(36)27-34/h12-13,16-18,20-22,25-27,32,41,44H,5-11,14-15,19,23-24,30H2,1-4H3,(H,56,57)/b42-26-,49-45-. The van der Waals surface area contributed by atoms with E-state index >= 15 is 0 Å². The van der Waals surface area contributed by atoms with Gasteiger partial charge < -0.3 is 10.0 Å². The maximum Gasteiger partial charge on any atom is 0.323 e. The van der Waals surface area contributed by atoms with Crippen LogP contribution in [-0.2, 0) is 23.3 Å². The first-order chi connectivity index (χ1) is 29.5. The summed E-state index contributed by atoms with van der Waals surface area (Å²) in [6.07, 6.45) is 13.5. The van der Waals surface area contributed by atoms with Crippen LogP contribution in [0.25, 0.3) is 22.8 Å². The molecule has 1 aliphatic heterocycles. The number of unbranched alkanes of at least 4 members (excludes halogenated alkanes) is 6. The fraction of sp³-hybridized carbons (Fsp3) is 0.420. The van der Waals surface area contributed by atoms with Gasteiger partial charge in [0.2, 0.25) is 0 Å². The molecule has 2 aliphatic carbocycles. The van der Waals surface area contributed by atoms with Crippen LogP contribution < -0.4 is 25.2 Å². The Morgan fingerprint density at radius 2 is 1.59 bits per heavy atom.